The van der Waals surface area contributed by atoms with Gasteiger partial charge in [-0.15, -0.1) is 0 Å². The van der Waals surface area contributed by atoms with Crippen LogP contribution in [0.5, 0.6) is 0 Å². The average molecular weight is 378 g/mol. The van der Waals surface area contributed by atoms with Crippen LogP contribution in [0.25, 0.3) is 10.9 Å². The van der Waals surface area contributed by atoms with Crippen molar-refractivity contribution in [3.8, 4) is 0 Å². The molecule has 2 amide bonds. The lowest BCUT2D eigenvalue weighted by atomic mass is 10.1. The summed E-state index contributed by atoms with van der Waals surface area (Å²) in [5.74, 6) is 0.587. The number of pyridine rings is 1. The quantitative estimate of drug-likeness (QED) is 0.861. The lowest BCUT2D eigenvalue weighted by Crippen LogP contribution is -2.50. The third-order valence-electron chi connectivity index (χ3n) is 4.17. The summed E-state index contributed by atoms with van der Waals surface area (Å²) in [5, 5.41) is 4.01. The minimum Gasteiger partial charge on any atom is -0.377 e. The maximum absolute atomic E-state index is 12.6. The Morgan fingerprint density at radius 3 is 3.09 bits per heavy atom. The number of fused-ring (bicyclic) bond motifs is 1. The SMILES string of the molecule is CC[C@@H]1COCCN1C(=O)Nc1cc(C)c2cc(Br)ccc2n1. The molecule has 1 saturated heterocycles. The Bertz CT molecular complexity index is 735. The molecule has 0 radical (unpaired) electrons. The minimum absolute atomic E-state index is 0.108. The molecular weight excluding hydrogens is 358 g/mol. The Kier molecular flexibility index (Phi) is 4.82. The zero-order valence-electron chi connectivity index (χ0n) is 13.3. The number of benzene rings is 1. The zero-order chi connectivity index (χ0) is 16.4. The number of anilines is 1. The van der Waals surface area contributed by atoms with Crippen LogP contribution in [0.4, 0.5) is 10.6 Å². The maximum atomic E-state index is 12.6. The number of carbonyl (C=O) groups excluding carboxylic acids is 1. The van der Waals surface area contributed by atoms with Crippen molar-refractivity contribution in [3.05, 3.63) is 34.3 Å². The van der Waals surface area contributed by atoms with Gasteiger partial charge in [-0.2, -0.15) is 0 Å². The number of amides is 2. The summed E-state index contributed by atoms with van der Waals surface area (Å²) in [5.41, 5.74) is 1.96. The van der Waals surface area contributed by atoms with Crippen LogP contribution in [0.2, 0.25) is 0 Å². The second-order valence-electron chi connectivity index (χ2n) is 5.75. The number of ether oxygens (including phenoxy) is 1. The Balaban J connectivity index is 1.83. The molecule has 1 N–H and O–H groups in total. The highest BCUT2D eigenvalue weighted by Gasteiger charge is 2.26. The summed E-state index contributed by atoms with van der Waals surface area (Å²) in [6, 6.07) is 7.87. The summed E-state index contributed by atoms with van der Waals surface area (Å²) in [7, 11) is 0. The van der Waals surface area contributed by atoms with Gasteiger partial charge in [0.25, 0.3) is 0 Å². The molecule has 2 aromatic rings. The molecule has 5 nitrogen and oxygen atoms in total. The van der Waals surface area contributed by atoms with E-state index in [9.17, 15) is 4.79 Å². The van der Waals surface area contributed by atoms with Crippen LogP contribution < -0.4 is 5.32 Å². The average Bonchev–Trinajstić information content (AvgIpc) is 2.55. The van der Waals surface area contributed by atoms with Crippen molar-refractivity contribution >= 4 is 38.7 Å². The van der Waals surface area contributed by atoms with Gasteiger partial charge in [0.1, 0.15) is 5.82 Å². The number of halogens is 1. The Morgan fingerprint density at radius 1 is 1.48 bits per heavy atom. The molecule has 1 aromatic carbocycles. The summed E-state index contributed by atoms with van der Waals surface area (Å²) < 4.78 is 6.47. The van der Waals surface area contributed by atoms with Crippen molar-refractivity contribution in [1.82, 2.24) is 9.88 Å². The lowest BCUT2D eigenvalue weighted by molar-refractivity contribution is 0.0143. The lowest BCUT2D eigenvalue weighted by Gasteiger charge is -2.34. The predicted molar refractivity (Wildman–Crippen MR) is 94.8 cm³/mol. The largest absolute Gasteiger partial charge is 0.377 e. The second kappa shape index (κ2) is 6.84. The van der Waals surface area contributed by atoms with Gasteiger partial charge in [0.05, 0.1) is 24.8 Å². The van der Waals surface area contributed by atoms with Crippen LogP contribution in [0, 0.1) is 6.92 Å². The van der Waals surface area contributed by atoms with E-state index in [1.807, 2.05) is 36.1 Å². The van der Waals surface area contributed by atoms with Gasteiger partial charge >= 0.3 is 6.03 Å². The van der Waals surface area contributed by atoms with Crippen LogP contribution in [0.3, 0.4) is 0 Å². The van der Waals surface area contributed by atoms with Gasteiger partial charge in [-0.3, -0.25) is 5.32 Å². The van der Waals surface area contributed by atoms with E-state index in [0.717, 1.165) is 27.4 Å². The summed E-state index contributed by atoms with van der Waals surface area (Å²) in [6.07, 6.45) is 0.881. The van der Waals surface area contributed by atoms with Crippen molar-refractivity contribution in [1.29, 1.82) is 0 Å². The first-order valence-electron chi connectivity index (χ1n) is 7.80. The molecule has 0 spiro atoms. The van der Waals surface area contributed by atoms with Crippen molar-refractivity contribution in [3.63, 3.8) is 0 Å². The minimum atomic E-state index is -0.108. The monoisotopic (exact) mass is 377 g/mol. The number of hydrogen-bond acceptors (Lipinski definition) is 3. The number of hydrogen-bond donors (Lipinski definition) is 1. The van der Waals surface area contributed by atoms with E-state index in [0.29, 0.717) is 25.6 Å². The van der Waals surface area contributed by atoms with E-state index in [1.165, 1.54) is 0 Å². The van der Waals surface area contributed by atoms with E-state index in [4.69, 9.17) is 4.74 Å². The highest BCUT2D eigenvalue weighted by molar-refractivity contribution is 9.10. The summed E-state index contributed by atoms with van der Waals surface area (Å²) >= 11 is 3.48. The standard InChI is InChI=1S/C17H20BrN3O2/c1-3-13-10-23-7-6-21(13)17(22)20-16-8-11(2)14-9-12(18)4-5-15(14)19-16/h4-5,8-9,13H,3,6-7,10H2,1-2H3,(H,19,20,22)/t13-/m1/s1. The predicted octanol–water partition coefficient (Wildman–Crippen LogP) is 3.95. The second-order valence-corrected chi connectivity index (χ2v) is 6.66. The molecule has 1 aliphatic heterocycles. The van der Waals surface area contributed by atoms with Gasteiger partial charge in [-0.1, -0.05) is 22.9 Å². The van der Waals surface area contributed by atoms with Crippen LogP contribution in [-0.4, -0.2) is 41.7 Å². The molecule has 0 bridgehead atoms. The maximum Gasteiger partial charge on any atom is 0.323 e. The first-order chi connectivity index (χ1) is 11.1. The van der Waals surface area contributed by atoms with E-state index in [2.05, 4.69) is 33.2 Å². The smallest absolute Gasteiger partial charge is 0.323 e. The third-order valence-corrected chi connectivity index (χ3v) is 4.67. The van der Waals surface area contributed by atoms with E-state index < -0.39 is 0 Å². The molecule has 1 atom stereocenters. The number of aryl methyl sites for hydroxylation is 1. The number of nitrogens with zero attached hydrogens (tertiary/aromatic N) is 2. The highest BCUT2D eigenvalue weighted by atomic mass is 79.9. The summed E-state index contributed by atoms with van der Waals surface area (Å²) in [6.45, 7) is 5.89. The highest BCUT2D eigenvalue weighted by Crippen LogP contribution is 2.24. The molecule has 122 valence electrons. The Labute approximate surface area is 144 Å². The number of morpholine rings is 1. The number of urea groups is 1. The molecule has 1 fully saturated rings. The van der Waals surface area contributed by atoms with Gasteiger partial charge in [0.2, 0.25) is 0 Å². The van der Waals surface area contributed by atoms with Gasteiger partial charge in [0.15, 0.2) is 0 Å². The van der Waals surface area contributed by atoms with Crippen LogP contribution in [0.15, 0.2) is 28.7 Å². The molecule has 0 aliphatic carbocycles. The van der Waals surface area contributed by atoms with Crippen molar-refractivity contribution in [2.75, 3.05) is 25.1 Å². The van der Waals surface area contributed by atoms with Gasteiger partial charge in [-0.05, 0) is 43.2 Å². The Morgan fingerprint density at radius 2 is 2.30 bits per heavy atom. The Hall–Kier alpha value is -1.66. The van der Waals surface area contributed by atoms with Gasteiger partial charge in [-0.25, -0.2) is 9.78 Å². The molecule has 6 heteroatoms. The van der Waals surface area contributed by atoms with Gasteiger partial charge < -0.3 is 9.64 Å². The molecule has 2 heterocycles. The molecular formula is C17H20BrN3O2. The van der Waals surface area contributed by atoms with Gasteiger partial charge in [0, 0.05) is 16.4 Å². The fraction of sp³-hybridized carbons (Fsp3) is 0.412. The number of nitrogens with one attached hydrogen (secondary N) is 1. The zero-order valence-corrected chi connectivity index (χ0v) is 14.9. The number of aromatic nitrogens is 1. The van der Waals surface area contributed by atoms with Crippen molar-refractivity contribution in [2.45, 2.75) is 26.3 Å². The first-order valence-corrected chi connectivity index (χ1v) is 8.60. The van der Waals surface area contributed by atoms with E-state index in [-0.39, 0.29) is 12.1 Å². The van der Waals surface area contributed by atoms with E-state index >= 15 is 0 Å². The van der Waals surface area contributed by atoms with Crippen molar-refractivity contribution < 1.29 is 9.53 Å². The fourth-order valence-corrected chi connectivity index (χ4v) is 3.23. The third kappa shape index (κ3) is 3.48. The molecule has 1 aliphatic rings. The molecule has 23 heavy (non-hydrogen) atoms. The van der Waals surface area contributed by atoms with Crippen molar-refractivity contribution in [2.24, 2.45) is 0 Å². The fourth-order valence-electron chi connectivity index (χ4n) is 2.87. The topological polar surface area (TPSA) is 54.5 Å². The molecule has 0 unspecified atom stereocenters. The number of carbonyl (C=O) groups is 1. The molecule has 0 saturated carbocycles. The number of rotatable bonds is 2. The van der Waals surface area contributed by atoms with E-state index in [1.54, 1.807) is 0 Å². The summed E-state index contributed by atoms with van der Waals surface area (Å²) in [4.78, 5) is 18.9. The molecule has 1 aromatic heterocycles. The normalized spacial score (nSPS) is 18.2. The molecule has 3 rings (SSSR count). The van der Waals surface area contributed by atoms with Crippen LogP contribution in [-0.2, 0) is 4.74 Å². The van der Waals surface area contributed by atoms with Crippen LogP contribution >= 0.6 is 15.9 Å². The first kappa shape index (κ1) is 16.2. The van der Waals surface area contributed by atoms with Crippen LogP contribution in [0.1, 0.15) is 18.9 Å².